The van der Waals surface area contributed by atoms with Gasteiger partial charge in [-0.05, 0) is 30.2 Å². The number of para-hydroxylation sites is 2. The van der Waals surface area contributed by atoms with E-state index in [4.69, 9.17) is 0 Å². The number of hydrogen-bond acceptors (Lipinski definition) is 4. The van der Waals surface area contributed by atoms with Crippen LogP contribution in [0.3, 0.4) is 0 Å². The van der Waals surface area contributed by atoms with E-state index in [1.165, 1.54) is 28.6 Å². The first kappa shape index (κ1) is 25.4. The molecule has 2 heterocycles. The van der Waals surface area contributed by atoms with E-state index in [-0.39, 0.29) is 11.6 Å². The van der Waals surface area contributed by atoms with E-state index in [0.29, 0.717) is 28.4 Å². The minimum atomic E-state index is -3.87. The van der Waals surface area contributed by atoms with Crippen molar-refractivity contribution in [3.63, 3.8) is 0 Å². The molecule has 0 saturated carbocycles. The highest BCUT2D eigenvalue weighted by molar-refractivity contribution is 7.87. The number of carbonyl (C=O) groups is 1. The predicted octanol–water partition coefficient (Wildman–Crippen LogP) is 5.38. The molecular weight excluding hydrogens is 496 g/mol. The Kier molecular flexibility index (Phi) is 6.84. The van der Waals surface area contributed by atoms with Gasteiger partial charge in [0.05, 0.1) is 17.2 Å². The Morgan fingerprint density at radius 1 is 0.868 bits per heavy atom. The lowest BCUT2D eigenvalue weighted by Crippen LogP contribution is -2.29. The van der Waals surface area contributed by atoms with Gasteiger partial charge in [0.15, 0.2) is 0 Å². The number of nitrogens with zero attached hydrogens (tertiary/aromatic N) is 4. The van der Waals surface area contributed by atoms with Crippen LogP contribution in [0.4, 0.5) is 5.69 Å². The fourth-order valence-corrected chi connectivity index (χ4v) is 5.67. The molecule has 3 aromatic carbocycles. The van der Waals surface area contributed by atoms with Crippen molar-refractivity contribution in [1.29, 1.82) is 0 Å². The first-order valence-corrected chi connectivity index (χ1v) is 13.6. The van der Waals surface area contributed by atoms with E-state index in [1.54, 1.807) is 24.1 Å². The van der Waals surface area contributed by atoms with Gasteiger partial charge in [0.1, 0.15) is 5.69 Å². The third kappa shape index (κ3) is 4.49. The van der Waals surface area contributed by atoms with Gasteiger partial charge in [-0.3, -0.25) is 4.79 Å². The van der Waals surface area contributed by atoms with E-state index in [1.807, 2.05) is 84.9 Å². The van der Waals surface area contributed by atoms with Crippen molar-refractivity contribution in [1.82, 2.24) is 13.3 Å². The molecular formula is C30H28N4O3S. The molecule has 8 heteroatoms. The van der Waals surface area contributed by atoms with Crippen molar-refractivity contribution in [2.24, 2.45) is 0 Å². The van der Waals surface area contributed by atoms with Gasteiger partial charge in [0.25, 0.3) is 5.91 Å². The van der Waals surface area contributed by atoms with Crippen molar-refractivity contribution in [3.05, 3.63) is 114 Å². The fraction of sp³-hybridized carbons (Fsp3) is 0.133. The van der Waals surface area contributed by atoms with Gasteiger partial charge >= 0.3 is 10.2 Å². The van der Waals surface area contributed by atoms with Crippen LogP contribution in [0.5, 0.6) is 0 Å². The molecule has 0 bridgehead atoms. The summed E-state index contributed by atoms with van der Waals surface area (Å²) in [6.07, 6.45) is 6.00. The van der Waals surface area contributed by atoms with Crippen LogP contribution in [0, 0.1) is 0 Å². The lowest BCUT2D eigenvalue weighted by atomic mass is 10.0. The average Bonchev–Trinajstić information content (AvgIpc) is 3.28. The molecule has 0 unspecified atom stereocenters. The van der Waals surface area contributed by atoms with E-state index in [2.05, 4.69) is 4.98 Å². The topological polar surface area (TPSA) is 75.5 Å². The SMILES string of the molecule is CN(C(=O)c1ncc2c(c1/C=C/Cc1ccccc1)c1ccccc1n2S(=O)(=O)N(C)C)c1ccccc1. The minimum Gasteiger partial charge on any atom is -0.310 e. The second kappa shape index (κ2) is 10.2. The zero-order valence-electron chi connectivity index (χ0n) is 21.4. The monoisotopic (exact) mass is 524 g/mol. The Hall–Kier alpha value is -4.27. The molecule has 0 aliphatic heterocycles. The number of amides is 1. The maximum absolute atomic E-state index is 13.8. The smallest absolute Gasteiger partial charge is 0.308 e. The fourth-order valence-electron chi connectivity index (χ4n) is 4.54. The lowest BCUT2D eigenvalue weighted by molar-refractivity contribution is 0.0988. The number of carbonyl (C=O) groups excluding carboxylic acids is 1. The van der Waals surface area contributed by atoms with Gasteiger partial charge in [-0.1, -0.05) is 78.9 Å². The van der Waals surface area contributed by atoms with E-state index >= 15 is 0 Å². The highest BCUT2D eigenvalue weighted by Crippen LogP contribution is 2.35. The highest BCUT2D eigenvalue weighted by Gasteiger charge is 2.27. The zero-order chi connectivity index (χ0) is 26.9. The largest absolute Gasteiger partial charge is 0.310 e. The minimum absolute atomic E-state index is 0.248. The third-order valence-electron chi connectivity index (χ3n) is 6.53. The summed E-state index contributed by atoms with van der Waals surface area (Å²) in [7, 11) is 0.834. The van der Waals surface area contributed by atoms with E-state index in [9.17, 15) is 13.2 Å². The number of hydrogen-bond donors (Lipinski definition) is 0. The summed E-state index contributed by atoms with van der Waals surface area (Å²) in [6, 6.07) is 26.7. The number of pyridine rings is 1. The number of fused-ring (bicyclic) bond motifs is 3. The molecule has 2 aromatic heterocycles. The predicted molar refractivity (Wildman–Crippen MR) is 154 cm³/mol. The summed E-state index contributed by atoms with van der Waals surface area (Å²) < 4.78 is 29.3. The van der Waals surface area contributed by atoms with Crippen molar-refractivity contribution < 1.29 is 13.2 Å². The molecule has 192 valence electrons. The van der Waals surface area contributed by atoms with Crippen molar-refractivity contribution >= 4 is 49.7 Å². The summed E-state index contributed by atoms with van der Waals surface area (Å²) >= 11 is 0. The van der Waals surface area contributed by atoms with Crippen LogP contribution in [0.2, 0.25) is 0 Å². The highest BCUT2D eigenvalue weighted by atomic mass is 32.2. The van der Waals surface area contributed by atoms with Crippen LogP contribution >= 0.6 is 0 Å². The van der Waals surface area contributed by atoms with Crippen molar-refractivity contribution in [2.75, 3.05) is 26.0 Å². The maximum Gasteiger partial charge on any atom is 0.308 e. The van der Waals surface area contributed by atoms with E-state index < -0.39 is 10.2 Å². The van der Waals surface area contributed by atoms with Gasteiger partial charge < -0.3 is 4.90 Å². The Morgan fingerprint density at radius 2 is 1.50 bits per heavy atom. The molecule has 0 aliphatic rings. The lowest BCUT2D eigenvalue weighted by Gasteiger charge is -2.19. The van der Waals surface area contributed by atoms with Crippen molar-refractivity contribution in [2.45, 2.75) is 6.42 Å². The van der Waals surface area contributed by atoms with Gasteiger partial charge in [-0.15, -0.1) is 0 Å². The summed E-state index contributed by atoms with van der Waals surface area (Å²) in [6.45, 7) is 0. The van der Waals surface area contributed by atoms with Crippen LogP contribution in [0.15, 0.2) is 97.2 Å². The van der Waals surface area contributed by atoms with E-state index in [0.717, 1.165) is 16.6 Å². The van der Waals surface area contributed by atoms with Gasteiger partial charge in [0, 0.05) is 43.2 Å². The first-order chi connectivity index (χ1) is 18.3. The average molecular weight is 525 g/mol. The molecule has 1 amide bonds. The first-order valence-electron chi connectivity index (χ1n) is 12.2. The van der Waals surface area contributed by atoms with Crippen LogP contribution in [-0.2, 0) is 16.6 Å². The Balaban J connectivity index is 1.77. The summed E-state index contributed by atoms with van der Waals surface area (Å²) in [5.74, 6) is -0.287. The zero-order valence-corrected chi connectivity index (χ0v) is 22.3. The number of anilines is 1. The molecule has 0 fully saturated rings. The second-order valence-corrected chi connectivity index (χ2v) is 11.1. The standard InChI is InChI=1S/C30H28N4O3S/c1-32(2)38(36,37)34-26-20-11-10-18-24(26)28-25(19-12-15-22-13-6-4-7-14-22)29(31-21-27(28)34)30(35)33(3)23-16-8-5-9-17-23/h4-14,16-21H,15H2,1-3H3/b19-12+. The molecule has 0 N–H and O–H groups in total. The number of benzene rings is 3. The molecule has 0 aliphatic carbocycles. The van der Waals surface area contributed by atoms with Crippen LogP contribution < -0.4 is 4.90 Å². The number of allylic oxidation sites excluding steroid dienone is 1. The van der Waals surface area contributed by atoms with Gasteiger partial charge in [-0.25, -0.2) is 8.96 Å². The summed E-state index contributed by atoms with van der Waals surface area (Å²) in [5, 5.41) is 1.39. The molecule has 0 atom stereocenters. The number of aromatic nitrogens is 2. The van der Waals surface area contributed by atoms with Crippen LogP contribution in [0.1, 0.15) is 21.6 Å². The molecule has 5 aromatic rings. The number of rotatable bonds is 7. The molecule has 0 spiro atoms. The summed E-state index contributed by atoms with van der Waals surface area (Å²) in [4.78, 5) is 19.9. The molecule has 38 heavy (non-hydrogen) atoms. The Morgan fingerprint density at radius 3 is 2.18 bits per heavy atom. The maximum atomic E-state index is 13.8. The quantitative estimate of drug-likeness (QED) is 0.287. The normalized spacial score (nSPS) is 12.1. The Labute approximate surface area is 222 Å². The van der Waals surface area contributed by atoms with Crippen molar-refractivity contribution in [3.8, 4) is 0 Å². The van der Waals surface area contributed by atoms with Crippen LogP contribution in [0.25, 0.3) is 27.9 Å². The molecule has 7 nitrogen and oxygen atoms in total. The molecule has 0 saturated heterocycles. The van der Waals surface area contributed by atoms with Crippen LogP contribution in [-0.4, -0.2) is 48.7 Å². The second-order valence-electron chi connectivity index (χ2n) is 9.14. The van der Waals surface area contributed by atoms with Gasteiger partial charge in [0.2, 0.25) is 0 Å². The Bertz CT molecular complexity index is 1760. The molecule has 0 radical (unpaired) electrons. The summed E-state index contributed by atoms with van der Waals surface area (Å²) in [5.41, 5.74) is 3.62. The third-order valence-corrected chi connectivity index (χ3v) is 8.31. The molecule has 5 rings (SSSR count). The van der Waals surface area contributed by atoms with Gasteiger partial charge in [-0.2, -0.15) is 12.7 Å².